The highest BCUT2D eigenvalue weighted by Crippen LogP contribution is 2.32. The maximum absolute atomic E-state index is 12.8. The number of piperazine rings is 4. The average Bonchev–Trinajstić information content (AvgIpc) is 1.70. The molecule has 39 heteroatoms. The lowest BCUT2D eigenvalue weighted by atomic mass is 9.95. The number of anilines is 4. The molecule has 4 atom stereocenters. The number of Topliss-reactive ketones (excluding diaryl/α,β-unsaturated/α-hetero) is 4. The number of ether oxygens (including phenoxy) is 4. The van der Waals surface area contributed by atoms with Gasteiger partial charge in [0.15, 0.2) is 45.5 Å². The van der Waals surface area contributed by atoms with E-state index >= 15 is 0 Å². The van der Waals surface area contributed by atoms with Crippen LogP contribution in [0.2, 0.25) is 0 Å². The number of nitrogens with zero attached hydrogens (tertiary/aromatic N) is 14. The summed E-state index contributed by atoms with van der Waals surface area (Å²) in [6, 6.07) is 33.5. The van der Waals surface area contributed by atoms with Crippen molar-refractivity contribution in [1.29, 1.82) is 0 Å². The number of alkyl halides is 9. The lowest BCUT2D eigenvalue weighted by molar-refractivity contribution is -0.325. The molecular formula is C90H110F9N19O10S. The Hall–Kier alpha value is -10.9. The minimum absolute atomic E-state index is 0.0137. The number of benzene rings is 4. The molecule has 129 heavy (non-hydrogen) atoms. The van der Waals surface area contributed by atoms with E-state index in [1.54, 1.807) is 13.3 Å². The smallest absolute Gasteiger partial charge is 0.420 e. The van der Waals surface area contributed by atoms with Gasteiger partial charge in [0, 0.05) is 232 Å². The van der Waals surface area contributed by atoms with E-state index < -0.39 is 25.7 Å². The number of fused-ring (bicyclic) bond motifs is 4. The van der Waals surface area contributed by atoms with Crippen molar-refractivity contribution in [2.24, 2.45) is 23.7 Å². The number of carbonyl (C=O) groups is 4. The van der Waals surface area contributed by atoms with Crippen molar-refractivity contribution in [3.05, 3.63) is 179 Å². The van der Waals surface area contributed by atoms with Gasteiger partial charge in [0.1, 0.15) is 0 Å². The summed E-state index contributed by atoms with van der Waals surface area (Å²) in [5.41, 5.74) is 9.20. The van der Waals surface area contributed by atoms with Gasteiger partial charge in [0.2, 0.25) is 11.1 Å². The van der Waals surface area contributed by atoms with Gasteiger partial charge >= 0.3 is 19.1 Å². The standard InChI is InChI=1S/C23H27F3N4O3.C23H30N4O3.C22H27F3N6O2.C22H26F3N5O2S/c1-16(12-17-14-27-19-5-3-2-4-18(17)19)13-20(31)21-15-28-22(33-21)30-8-6-29(7-9-30)10-11-32-23(24,25)26;1-17(13-18-15-24-20-6-4-3-5-19(18)20)14-21(28)22-16-25-23(30-22)27-9-7-26(8-10-27)11-12-29-2;1-15(12-16-14-26-18-5-3-2-4-17(16)18)13-19(32)20-27-21(29-28-20)31-8-6-30(7-9-31)10-11-33-22(23,24)25;1-15(12-16-14-26-18-5-3-2-4-17(16)18)13-19(31)20-27-28-21(33-20)30-8-6-29(7-9-30)10-11-32-22(23,24)25/h2-5,14-16,27H,6-13H2,1H3;3-6,15-17,24H,7-14H2,1-2H3;2-5,14-15,26H,6-13H2,1H3,(H,27,28,29);2-5,14-15,26H,6-13H2,1H3. The highest BCUT2D eigenvalue weighted by atomic mass is 32.1. The van der Waals surface area contributed by atoms with Crippen molar-refractivity contribution in [3.8, 4) is 0 Å². The molecule has 4 aromatic carbocycles. The molecule has 12 aromatic rings. The maximum Gasteiger partial charge on any atom is 0.522 e. The Bertz CT molecular complexity index is 5130. The summed E-state index contributed by atoms with van der Waals surface area (Å²) in [4.78, 5) is 93.0. The molecule has 0 spiro atoms. The van der Waals surface area contributed by atoms with Crippen LogP contribution in [0.25, 0.3) is 43.6 Å². The van der Waals surface area contributed by atoms with Crippen LogP contribution in [0.4, 0.5) is 62.6 Å². The maximum atomic E-state index is 12.8. The number of para-hydroxylation sites is 4. The SMILES string of the molecule is CC(CC(=O)c1cnc(N2CCN(CCOC(F)(F)F)CC2)o1)Cc1c[nH]c2ccccc12.CC(CC(=O)c1nc(N2CCN(CCOC(F)(F)F)CC2)n[nH]1)Cc1c[nH]c2ccccc12.CC(CC(=O)c1nnc(N2CCN(CCOC(F)(F)F)CC2)s1)Cc1c[nH]c2ccccc12.COCCN1CCN(c2ncc(C(=O)CC(C)Cc3c[nH]c4ccccc34)o2)CC1. The van der Waals surface area contributed by atoms with Gasteiger partial charge in [-0.2, -0.15) is 4.98 Å². The van der Waals surface area contributed by atoms with Gasteiger partial charge in [0.25, 0.3) is 12.0 Å². The molecule has 4 saturated heterocycles. The third-order valence-electron chi connectivity index (χ3n) is 23.3. The first-order chi connectivity index (χ1) is 62.0. The molecule has 5 N–H and O–H groups in total. The number of hydrogen-bond acceptors (Lipinski definition) is 25. The van der Waals surface area contributed by atoms with Gasteiger partial charge in [-0.25, -0.2) is 9.97 Å². The molecule has 4 fully saturated rings. The van der Waals surface area contributed by atoms with Crippen LogP contribution in [0.15, 0.2) is 143 Å². The number of rotatable bonds is 36. The molecule has 0 aliphatic carbocycles. The van der Waals surface area contributed by atoms with Crippen LogP contribution in [-0.2, 0) is 44.6 Å². The zero-order valence-electron chi connectivity index (χ0n) is 72.8. The number of methoxy groups -OCH3 is 1. The van der Waals surface area contributed by atoms with Gasteiger partial charge in [-0.3, -0.25) is 58.1 Å². The Morgan fingerprint density at radius 2 is 0.729 bits per heavy atom. The van der Waals surface area contributed by atoms with Gasteiger partial charge in [0.05, 0.1) is 38.8 Å². The van der Waals surface area contributed by atoms with E-state index in [0.717, 1.165) is 87.1 Å². The predicted molar refractivity (Wildman–Crippen MR) is 472 cm³/mol. The second kappa shape index (κ2) is 45.1. The Morgan fingerprint density at radius 1 is 0.411 bits per heavy atom. The lowest BCUT2D eigenvalue weighted by Crippen LogP contribution is -2.48. The largest absolute Gasteiger partial charge is 0.522 e. The molecule has 4 unspecified atom stereocenters. The average molecular weight is 1820 g/mol. The van der Waals surface area contributed by atoms with E-state index in [1.165, 1.54) is 61.3 Å². The minimum atomic E-state index is -4.60. The van der Waals surface area contributed by atoms with Crippen LogP contribution in [0.5, 0.6) is 0 Å². The molecule has 4 aliphatic rings. The molecule has 12 heterocycles. The van der Waals surface area contributed by atoms with Crippen molar-refractivity contribution in [3.63, 3.8) is 0 Å². The molecule has 0 radical (unpaired) electrons. The number of hydrogen-bond donors (Lipinski definition) is 5. The van der Waals surface area contributed by atoms with Crippen LogP contribution >= 0.6 is 11.3 Å². The van der Waals surface area contributed by atoms with Crippen molar-refractivity contribution < 1.29 is 86.5 Å². The molecule has 0 amide bonds. The van der Waals surface area contributed by atoms with E-state index in [0.29, 0.717) is 138 Å². The number of ketones is 4. The topological polar surface area (TPSA) is 314 Å². The predicted octanol–water partition coefficient (Wildman–Crippen LogP) is 15.2. The molecule has 8 aromatic heterocycles. The van der Waals surface area contributed by atoms with Crippen molar-refractivity contribution in [1.82, 2.24) is 74.9 Å². The Kier molecular flexibility index (Phi) is 33.4. The fraction of sp³-hybridized carbons (Fsp3) is 0.489. The first-order valence-electron chi connectivity index (χ1n) is 43.5. The zero-order chi connectivity index (χ0) is 91.2. The number of aromatic amines is 5. The summed E-state index contributed by atoms with van der Waals surface area (Å²) < 4.78 is 137. The summed E-state index contributed by atoms with van der Waals surface area (Å²) in [5, 5.41) is 21.0. The molecule has 4 aliphatic heterocycles. The number of nitrogens with one attached hydrogen (secondary N) is 5. The number of halogens is 9. The quantitative estimate of drug-likeness (QED) is 0.0180. The Balaban J connectivity index is 0.000000147. The monoisotopic (exact) mass is 1820 g/mol. The first-order valence-corrected chi connectivity index (χ1v) is 44.3. The van der Waals surface area contributed by atoms with Crippen LogP contribution in [0.3, 0.4) is 0 Å². The Morgan fingerprint density at radius 3 is 1.08 bits per heavy atom. The van der Waals surface area contributed by atoms with Crippen molar-refractivity contribution in [2.75, 3.05) is 184 Å². The van der Waals surface area contributed by atoms with E-state index in [9.17, 15) is 58.7 Å². The second-order valence-electron chi connectivity index (χ2n) is 33.3. The number of carbonyl (C=O) groups excluding carboxylic acids is 4. The van der Waals surface area contributed by atoms with Gasteiger partial charge in [-0.05, 0) is 95.9 Å². The fourth-order valence-corrected chi connectivity index (χ4v) is 17.3. The third-order valence-corrected chi connectivity index (χ3v) is 24.3. The number of H-pyrrole nitrogens is 5. The summed E-state index contributed by atoms with van der Waals surface area (Å²) in [6.07, 6.45) is 2.00. The van der Waals surface area contributed by atoms with Crippen LogP contribution in [0, 0.1) is 23.7 Å². The van der Waals surface area contributed by atoms with Gasteiger partial charge in [-0.1, -0.05) is 112 Å². The van der Waals surface area contributed by atoms with Crippen molar-refractivity contribution in [2.45, 2.75) is 98.1 Å². The summed E-state index contributed by atoms with van der Waals surface area (Å²) in [6.45, 7) is 19.9. The summed E-state index contributed by atoms with van der Waals surface area (Å²) in [5.74, 6) is 1.71. The lowest BCUT2D eigenvalue weighted by Gasteiger charge is -2.34. The summed E-state index contributed by atoms with van der Waals surface area (Å²) >= 11 is 1.28. The van der Waals surface area contributed by atoms with Crippen LogP contribution < -0.4 is 19.6 Å². The minimum Gasteiger partial charge on any atom is -0.420 e. The number of aromatic nitrogens is 11. The fourth-order valence-electron chi connectivity index (χ4n) is 16.5. The van der Waals surface area contributed by atoms with Gasteiger partial charge < -0.3 is 53.1 Å². The van der Waals surface area contributed by atoms with E-state index in [-0.39, 0.29) is 91.2 Å². The molecular weight excluding hydrogens is 1710 g/mol. The summed E-state index contributed by atoms with van der Waals surface area (Å²) in [7, 11) is 1.73. The second-order valence-corrected chi connectivity index (χ2v) is 34.2. The van der Waals surface area contributed by atoms with Crippen LogP contribution in [0.1, 0.15) is 117 Å². The Labute approximate surface area is 743 Å². The normalized spacial score (nSPS) is 16.4. The molecule has 29 nitrogen and oxygen atoms in total. The van der Waals surface area contributed by atoms with E-state index in [2.05, 4.69) is 123 Å². The molecule has 0 saturated carbocycles. The first kappa shape index (κ1) is 95.7. The van der Waals surface area contributed by atoms with E-state index in [1.807, 2.05) is 135 Å². The number of oxazole rings is 2. The molecule has 0 bridgehead atoms. The molecule has 694 valence electrons. The highest BCUT2D eigenvalue weighted by molar-refractivity contribution is 7.17. The van der Waals surface area contributed by atoms with E-state index in [4.69, 9.17) is 13.6 Å². The molecule has 16 rings (SSSR count). The third kappa shape index (κ3) is 28.3. The van der Waals surface area contributed by atoms with Crippen molar-refractivity contribution >= 4 is 101 Å². The highest BCUT2D eigenvalue weighted by Gasteiger charge is 2.34. The zero-order valence-corrected chi connectivity index (χ0v) is 73.6. The van der Waals surface area contributed by atoms with Gasteiger partial charge in [-0.15, -0.1) is 54.8 Å². The van der Waals surface area contributed by atoms with Crippen LogP contribution in [-0.4, -0.2) is 282 Å².